The van der Waals surface area contributed by atoms with Crippen LogP contribution < -0.4 is 5.32 Å². The van der Waals surface area contributed by atoms with Gasteiger partial charge in [0, 0.05) is 16.5 Å². The highest BCUT2D eigenvalue weighted by molar-refractivity contribution is 7.15. The van der Waals surface area contributed by atoms with Gasteiger partial charge in [0.05, 0.1) is 15.7 Å². The number of carbonyl (C=O) groups is 1. The van der Waals surface area contributed by atoms with Crippen LogP contribution >= 0.6 is 34.5 Å². The normalized spacial score (nSPS) is 11.0. The first-order valence-corrected chi connectivity index (χ1v) is 8.91. The van der Waals surface area contributed by atoms with E-state index in [4.69, 9.17) is 23.2 Å². The molecular formula is C17H10Cl2N4OS. The van der Waals surface area contributed by atoms with Crippen LogP contribution in [-0.4, -0.2) is 20.5 Å². The van der Waals surface area contributed by atoms with Gasteiger partial charge in [-0.05, 0) is 18.2 Å². The Morgan fingerprint density at radius 3 is 2.64 bits per heavy atom. The summed E-state index contributed by atoms with van der Waals surface area (Å²) in [4.78, 5) is 17.4. The van der Waals surface area contributed by atoms with Crippen LogP contribution in [0.3, 0.4) is 0 Å². The Hall–Kier alpha value is -2.41. The Bertz CT molecular complexity index is 1070. The molecule has 0 bridgehead atoms. The topological polar surface area (TPSA) is 59.3 Å². The molecule has 0 aliphatic heterocycles. The van der Waals surface area contributed by atoms with Gasteiger partial charge >= 0.3 is 0 Å². The average molecular weight is 389 g/mol. The van der Waals surface area contributed by atoms with Gasteiger partial charge in [-0.15, -0.1) is 16.4 Å². The lowest BCUT2D eigenvalue weighted by molar-refractivity contribution is 0.102. The molecule has 0 aliphatic rings. The maximum atomic E-state index is 12.3. The minimum atomic E-state index is -0.349. The highest BCUT2D eigenvalue weighted by Crippen LogP contribution is 2.26. The van der Waals surface area contributed by atoms with Gasteiger partial charge in [-0.1, -0.05) is 53.5 Å². The first kappa shape index (κ1) is 16.1. The van der Waals surface area contributed by atoms with Crippen molar-refractivity contribution in [2.75, 3.05) is 5.32 Å². The summed E-state index contributed by atoms with van der Waals surface area (Å²) >= 11 is 13.3. The Kier molecular flexibility index (Phi) is 4.17. The molecule has 0 spiro atoms. The van der Waals surface area contributed by atoms with E-state index in [1.165, 1.54) is 17.4 Å². The summed E-state index contributed by atoms with van der Waals surface area (Å²) in [7, 11) is 0. The van der Waals surface area contributed by atoms with Crippen LogP contribution in [0.5, 0.6) is 0 Å². The maximum Gasteiger partial charge on any atom is 0.258 e. The molecule has 1 amide bonds. The number of benzene rings is 2. The van der Waals surface area contributed by atoms with Crippen molar-refractivity contribution in [3.63, 3.8) is 0 Å². The van der Waals surface area contributed by atoms with E-state index in [-0.39, 0.29) is 11.9 Å². The van der Waals surface area contributed by atoms with Gasteiger partial charge in [0.15, 0.2) is 0 Å². The van der Waals surface area contributed by atoms with Crippen LogP contribution in [0.1, 0.15) is 10.4 Å². The highest BCUT2D eigenvalue weighted by Gasteiger charge is 2.14. The second kappa shape index (κ2) is 6.48. The molecule has 0 unspecified atom stereocenters. The molecule has 25 heavy (non-hydrogen) atoms. The SMILES string of the molecule is O=C(Nc1nc2scc(-c3ccccc3)n2n1)c1ccc(Cl)c(Cl)c1. The van der Waals surface area contributed by atoms with E-state index < -0.39 is 0 Å². The van der Waals surface area contributed by atoms with Crippen LogP contribution in [0.25, 0.3) is 16.2 Å². The summed E-state index contributed by atoms with van der Waals surface area (Å²) < 4.78 is 1.71. The molecule has 0 saturated carbocycles. The fourth-order valence-corrected chi connectivity index (χ4v) is 3.48. The van der Waals surface area contributed by atoms with E-state index in [0.29, 0.717) is 20.6 Å². The molecule has 4 rings (SSSR count). The summed E-state index contributed by atoms with van der Waals surface area (Å²) in [5, 5.41) is 9.76. The smallest absolute Gasteiger partial charge is 0.258 e. The predicted molar refractivity (Wildman–Crippen MR) is 101 cm³/mol. The molecule has 0 radical (unpaired) electrons. The molecule has 5 nitrogen and oxygen atoms in total. The quantitative estimate of drug-likeness (QED) is 0.536. The third kappa shape index (κ3) is 3.11. The lowest BCUT2D eigenvalue weighted by Crippen LogP contribution is -2.13. The zero-order chi connectivity index (χ0) is 17.4. The fourth-order valence-electron chi connectivity index (χ4n) is 2.35. The highest BCUT2D eigenvalue weighted by atomic mass is 35.5. The number of rotatable bonds is 3. The molecule has 2 aromatic carbocycles. The van der Waals surface area contributed by atoms with Crippen molar-refractivity contribution in [1.82, 2.24) is 14.6 Å². The summed E-state index contributed by atoms with van der Waals surface area (Å²) in [5.41, 5.74) is 2.33. The summed E-state index contributed by atoms with van der Waals surface area (Å²) in [6, 6.07) is 14.5. The zero-order valence-electron chi connectivity index (χ0n) is 12.6. The van der Waals surface area contributed by atoms with E-state index in [1.807, 2.05) is 35.7 Å². The second-order valence-corrected chi connectivity index (χ2v) is 6.85. The molecule has 0 saturated heterocycles. The number of hydrogen-bond donors (Lipinski definition) is 1. The lowest BCUT2D eigenvalue weighted by atomic mass is 10.2. The third-order valence-corrected chi connectivity index (χ3v) is 5.11. The first-order valence-electron chi connectivity index (χ1n) is 7.28. The number of fused-ring (bicyclic) bond motifs is 1. The van der Waals surface area contributed by atoms with Crippen molar-refractivity contribution >= 4 is 51.4 Å². The molecular weight excluding hydrogens is 379 g/mol. The average Bonchev–Trinajstić information content (AvgIpc) is 3.18. The number of aromatic nitrogens is 3. The molecule has 2 aromatic heterocycles. The van der Waals surface area contributed by atoms with Crippen molar-refractivity contribution in [1.29, 1.82) is 0 Å². The van der Waals surface area contributed by atoms with E-state index in [2.05, 4.69) is 15.4 Å². The second-order valence-electron chi connectivity index (χ2n) is 5.20. The molecule has 0 aliphatic carbocycles. The summed E-state index contributed by atoms with van der Waals surface area (Å²) in [6.07, 6.45) is 0. The monoisotopic (exact) mass is 388 g/mol. The molecule has 0 atom stereocenters. The van der Waals surface area contributed by atoms with Gasteiger partial charge in [-0.25, -0.2) is 4.52 Å². The summed E-state index contributed by atoms with van der Waals surface area (Å²) in [6.45, 7) is 0. The Morgan fingerprint density at radius 1 is 1.08 bits per heavy atom. The zero-order valence-corrected chi connectivity index (χ0v) is 14.9. The van der Waals surface area contributed by atoms with Gasteiger partial charge in [-0.2, -0.15) is 4.98 Å². The molecule has 8 heteroatoms. The van der Waals surface area contributed by atoms with E-state index >= 15 is 0 Å². The third-order valence-electron chi connectivity index (χ3n) is 3.56. The largest absolute Gasteiger partial charge is 0.289 e. The molecule has 2 heterocycles. The number of anilines is 1. The fraction of sp³-hybridized carbons (Fsp3) is 0. The number of nitrogens with one attached hydrogen (secondary N) is 1. The van der Waals surface area contributed by atoms with Gasteiger partial charge in [-0.3, -0.25) is 10.1 Å². The molecule has 4 aromatic rings. The van der Waals surface area contributed by atoms with E-state index in [1.54, 1.807) is 16.6 Å². The van der Waals surface area contributed by atoms with Gasteiger partial charge < -0.3 is 0 Å². The Balaban J connectivity index is 1.63. The molecule has 1 N–H and O–H groups in total. The number of carbonyl (C=O) groups excluding carboxylic acids is 1. The van der Waals surface area contributed by atoms with Crippen LogP contribution in [0.2, 0.25) is 10.0 Å². The van der Waals surface area contributed by atoms with Crippen LogP contribution in [0.15, 0.2) is 53.9 Å². The van der Waals surface area contributed by atoms with E-state index in [9.17, 15) is 4.79 Å². The van der Waals surface area contributed by atoms with Crippen molar-refractivity contribution in [3.8, 4) is 11.3 Å². The van der Waals surface area contributed by atoms with Crippen molar-refractivity contribution in [3.05, 3.63) is 69.5 Å². The number of halogens is 2. The van der Waals surface area contributed by atoms with Crippen LogP contribution in [0, 0.1) is 0 Å². The first-order chi connectivity index (χ1) is 12.1. The van der Waals surface area contributed by atoms with E-state index in [0.717, 1.165) is 11.3 Å². The lowest BCUT2D eigenvalue weighted by Gasteiger charge is -2.02. The minimum absolute atomic E-state index is 0.236. The van der Waals surface area contributed by atoms with Crippen molar-refractivity contribution in [2.45, 2.75) is 0 Å². The summed E-state index contributed by atoms with van der Waals surface area (Å²) in [5.74, 6) is -0.113. The van der Waals surface area contributed by atoms with Crippen LogP contribution in [-0.2, 0) is 0 Å². The number of hydrogen-bond acceptors (Lipinski definition) is 4. The molecule has 124 valence electrons. The van der Waals surface area contributed by atoms with Gasteiger partial charge in [0.25, 0.3) is 11.9 Å². The maximum absolute atomic E-state index is 12.3. The van der Waals surface area contributed by atoms with Gasteiger partial charge in [0.1, 0.15) is 0 Å². The van der Waals surface area contributed by atoms with Crippen LogP contribution in [0.4, 0.5) is 5.95 Å². The van der Waals surface area contributed by atoms with Gasteiger partial charge in [0.2, 0.25) is 4.96 Å². The number of amides is 1. The number of thiazole rings is 1. The van der Waals surface area contributed by atoms with Crippen molar-refractivity contribution < 1.29 is 4.79 Å². The number of nitrogens with zero attached hydrogens (tertiary/aromatic N) is 3. The molecule has 0 fully saturated rings. The Labute approximate surface area is 156 Å². The Morgan fingerprint density at radius 2 is 1.88 bits per heavy atom. The van der Waals surface area contributed by atoms with Crippen molar-refractivity contribution in [2.24, 2.45) is 0 Å². The standard InChI is InChI=1S/C17H10Cl2N4OS/c18-12-7-6-11(8-13(12)19)15(24)20-16-21-17-23(22-16)14(9-25-17)10-4-2-1-3-5-10/h1-9H,(H,20,22,24). The minimum Gasteiger partial charge on any atom is -0.289 e. The predicted octanol–water partition coefficient (Wildman–Crippen LogP) is 5.02.